The Morgan fingerprint density at radius 3 is 3.22 bits per heavy atom. The molecule has 0 bridgehead atoms. The van der Waals surface area contributed by atoms with Gasteiger partial charge in [-0.1, -0.05) is 6.08 Å². The Kier molecular flexibility index (Phi) is 3.85. The van der Waals surface area contributed by atoms with E-state index in [1.54, 1.807) is 25.1 Å². The summed E-state index contributed by atoms with van der Waals surface area (Å²) in [5, 5.41) is 11.8. The molecule has 0 unspecified atom stereocenters. The summed E-state index contributed by atoms with van der Waals surface area (Å²) in [5.41, 5.74) is 0. The molecule has 0 N–H and O–H groups in total. The summed E-state index contributed by atoms with van der Waals surface area (Å²) >= 11 is 0. The van der Waals surface area contributed by atoms with Crippen LogP contribution in [0, 0.1) is 0 Å². The SMILES string of the molecule is CCOC(=O)/C=C/Cn1nnc(-c2ccco2)n1. The highest BCUT2D eigenvalue weighted by Crippen LogP contribution is 2.12. The second-order valence-electron chi connectivity index (χ2n) is 3.30. The number of furan rings is 1. The number of carbonyl (C=O) groups excluding carboxylic acids is 1. The predicted octanol–water partition coefficient (Wildman–Crippen LogP) is 1.05. The summed E-state index contributed by atoms with van der Waals surface area (Å²) in [6.45, 7) is 2.44. The van der Waals surface area contributed by atoms with E-state index in [9.17, 15) is 4.79 Å². The smallest absolute Gasteiger partial charge is 0.330 e. The maximum absolute atomic E-state index is 11.0. The number of allylic oxidation sites excluding steroid dienone is 1. The van der Waals surface area contributed by atoms with Crippen molar-refractivity contribution in [2.75, 3.05) is 6.61 Å². The summed E-state index contributed by atoms with van der Waals surface area (Å²) in [5.74, 6) is 0.573. The van der Waals surface area contributed by atoms with Gasteiger partial charge >= 0.3 is 5.97 Å². The fourth-order valence-electron chi connectivity index (χ4n) is 1.26. The standard InChI is InChI=1S/C11H12N4O3/c1-2-17-10(16)6-3-7-15-13-11(12-14-15)9-5-4-8-18-9/h3-6,8H,2,7H2,1H3/b6-3+. The van der Waals surface area contributed by atoms with Crippen LogP contribution >= 0.6 is 0 Å². The third-order valence-electron chi connectivity index (χ3n) is 2.00. The van der Waals surface area contributed by atoms with Gasteiger partial charge in [0, 0.05) is 6.08 Å². The molecule has 18 heavy (non-hydrogen) atoms. The van der Waals surface area contributed by atoms with E-state index in [0.29, 0.717) is 24.7 Å². The topological polar surface area (TPSA) is 83.0 Å². The predicted molar refractivity (Wildman–Crippen MR) is 61.3 cm³/mol. The van der Waals surface area contributed by atoms with E-state index in [4.69, 9.17) is 9.15 Å². The summed E-state index contributed by atoms with van der Waals surface area (Å²) in [6.07, 6.45) is 4.47. The zero-order chi connectivity index (χ0) is 12.8. The molecule has 0 fully saturated rings. The highest BCUT2D eigenvalue weighted by Gasteiger charge is 2.07. The molecule has 2 rings (SSSR count). The Labute approximate surface area is 103 Å². The van der Waals surface area contributed by atoms with Gasteiger partial charge in [0.15, 0.2) is 5.76 Å². The number of hydrogen-bond donors (Lipinski definition) is 0. The maximum atomic E-state index is 11.0. The molecule has 2 heterocycles. The van der Waals surface area contributed by atoms with Crippen LogP contribution in [-0.2, 0) is 16.1 Å². The molecule has 0 saturated heterocycles. The van der Waals surface area contributed by atoms with Gasteiger partial charge in [0.2, 0.25) is 5.82 Å². The fourth-order valence-corrected chi connectivity index (χ4v) is 1.26. The van der Waals surface area contributed by atoms with Crippen LogP contribution in [-0.4, -0.2) is 32.8 Å². The number of hydrogen-bond acceptors (Lipinski definition) is 6. The molecule has 0 aromatic carbocycles. The highest BCUT2D eigenvalue weighted by molar-refractivity contribution is 5.81. The Hall–Kier alpha value is -2.44. The van der Waals surface area contributed by atoms with Crippen LogP contribution in [0.5, 0.6) is 0 Å². The lowest BCUT2D eigenvalue weighted by atomic mass is 10.4. The first kappa shape index (κ1) is 12.0. The molecule has 0 radical (unpaired) electrons. The average molecular weight is 248 g/mol. The lowest BCUT2D eigenvalue weighted by Gasteiger charge is -1.94. The van der Waals surface area contributed by atoms with Gasteiger partial charge in [-0.05, 0) is 24.3 Å². The number of ether oxygens (including phenoxy) is 1. The summed E-state index contributed by atoms with van der Waals surface area (Å²) < 4.78 is 9.87. The molecule has 7 heteroatoms. The molecule has 0 amide bonds. The number of carbonyl (C=O) groups is 1. The van der Waals surface area contributed by atoms with Crippen LogP contribution in [0.15, 0.2) is 35.0 Å². The van der Waals surface area contributed by atoms with E-state index in [1.807, 2.05) is 0 Å². The Bertz CT molecular complexity index is 530. The molecule has 0 aliphatic carbocycles. The van der Waals surface area contributed by atoms with Crippen LogP contribution in [0.25, 0.3) is 11.6 Å². The second-order valence-corrected chi connectivity index (χ2v) is 3.30. The molecule has 7 nitrogen and oxygen atoms in total. The quantitative estimate of drug-likeness (QED) is 0.581. The molecule has 0 aliphatic heterocycles. The van der Waals surface area contributed by atoms with Crippen molar-refractivity contribution in [3.05, 3.63) is 30.5 Å². The summed E-state index contributed by atoms with van der Waals surface area (Å²) in [7, 11) is 0. The van der Waals surface area contributed by atoms with E-state index in [-0.39, 0.29) is 5.97 Å². The van der Waals surface area contributed by atoms with Crippen LogP contribution in [0.4, 0.5) is 0 Å². The van der Waals surface area contributed by atoms with Gasteiger partial charge in [0.05, 0.1) is 19.4 Å². The Morgan fingerprint density at radius 1 is 1.61 bits per heavy atom. The molecule has 2 aromatic heterocycles. The Balaban J connectivity index is 1.93. The largest absolute Gasteiger partial charge is 0.463 e. The van der Waals surface area contributed by atoms with Gasteiger partial charge in [0.25, 0.3) is 0 Å². The first-order valence-electron chi connectivity index (χ1n) is 5.44. The van der Waals surface area contributed by atoms with Crippen LogP contribution < -0.4 is 0 Å². The van der Waals surface area contributed by atoms with Crippen molar-refractivity contribution in [1.29, 1.82) is 0 Å². The number of rotatable bonds is 5. The number of nitrogens with zero attached hydrogens (tertiary/aromatic N) is 4. The van der Waals surface area contributed by atoms with Crippen molar-refractivity contribution in [3.8, 4) is 11.6 Å². The third kappa shape index (κ3) is 3.03. The molecule has 0 spiro atoms. The first-order chi connectivity index (χ1) is 8.79. The van der Waals surface area contributed by atoms with Crippen molar-refractivity contribution in [1.82, 2.24) is 20.2 Å². The fraction of sp³-hybridized carbons (Fsp3) is 0.273. The van der Waals surface area contributed by atoms with Crippen molar-refractivity contribution < 1.29 is 13.9 Å². The van der Waals surface area contributed by atoms with Gasteiger partial charge in [-0.15, -0.1) is 10.2 Å². The molecule has 2 aromatic rings. The van der Waals surface area contributed by atoms with E-state index in [0.717, 1.165) is 0 Å². The molecule has 94 valence electrons. The van der Waals surface area contributed by atoms with Crippen molar-refractivity contribution in [2.45, 2.75) is 13.5 Å². The van der Waals surface area contributed by atoms with E-state index < -0.39 is 0 Å². The zero-order valence-corrected chi connectivity index (χ0v) is 9.81. The van der Waals surface area contributed by atoms with Gasteiger partial charge in [-0.2, -0.15) is 4.80 Å². The molecule has 0 saturated carbocycles. The molecular weight excluding hydrogens is 236 g/mol. The molecular formula is C11H12N4O3. The van der Waals surface area contributed by atoms with E-state index in [2.05, 4.69) is 15.4 Å². The minimum absolute atomic E-state index is 0.340. The number of aromatic nitrogens is 4. The highest BCUT2D eigenvalue weighted by atomic mass is 16.5. The summed E-state index contributed by atoms with van der Waals surface area (Å²) in [6, 6.07) is 3.49. The normalized spacial score (nSPS) is 10.9. The number of tetrazole rings is 1. The maximum Gasteiger partial charge on any atom is 0.330 e. The van der Waals surface area contributed by atoms with E-state index in [1.165, 1.54) is 17.1 Å². The van der Waals surface area contributed by atoms with Gasteiger partial charge in [-0.25, -0.2) is 4.79 Å². The zero-order valence-electron chi connectivity index (χ0n) is 9.81. The average Bonchev–Trinajstić information content (AvgIpc) is 2.99. The van der Waals surface area contributed by atoms with Gasteiger partial charge < -0.3 is 9.15 Å². The lowest BCUT2D eigenvalue weighted by Crippen LogP contribution is -2.03. The minimum Gasteiger partial charge on any atom is -0.463 e. The second kappa shape index (κ2) is 5.76. The molecule has 0 aliphatic rings. The monoisotopic (exact) mass is 248 g/mol. The van der Waals surface area contributed by atoms with Crippen molar-refractivity contribution >= 4 is 5.97 Å². The third-order valence-corrected chi connectivity index (χ3v) is 2.00. The van der Waals surface area contributed by atoms with Gasteiger partial charge in [0.1, 0.15) is 0 Å². The van der Waals surface area contributed by atoms with Crippen molar-refractivity contribution in [3.63, 3.8) is 0 Å². The van der Waals surface area contributed by atoms with Crippen molar-refractivity contribution in [2.24, 2.45) is 0 Å². The van der Waals surface area contributed by atoms with Crippen LogP contribution in [0.3, 0.4) is 0 Å². The van der Waals surface area contributed by atoms with Crippen LogP contribution in [0.2, 0.25) is 0 Å². The van der Waals surface area contributed by atoms with Gasteiger partial charge in [-0.3, -0.25) is 0 Å². The lowest BCUT2D eigenvalue weighted by molar-refractivity contribution is -0.137. The summed E-state index contributed by atoms with van der Waals surface area (Å²) in [4.78, 5) is 12.4. The Morgan fingerprint density at radius 2 is 2.50 bits per heavy atom. The number of esters is 1. The molecule has 0 atom stereocenters. The minimum atomic E-state index is -0.385. The first-order valence-corrected chi connectivity index (χ1v) is 5.44. The van der Waals surface area contributed by atoms with E-state index >= 15 is 0 Å². The van der Waals surface area contributed by atoms with Crippen LogP contribution in [0.1, 0.15) is 6.92 Å².